The smallest absolute Gasteiger partial charge is 0.214 e. The molecule has 3 rings (SSSR count). The van der Waals surface area contributed by atoms with Gasteiger partial charge in [0.05, 0.1) is 5.75 Å². The molecule has 0 aliphatic carbocycles. The molecule has 1 aliphatic rings. The normalized spacial score (nSPS) is 16.7. The van der Waals surface area contributed by atoms with Crippen molar-refractivity contribution in [3.8, 4) is 0 Å². The summed E-state index contributed by atoms with van der Waals surface area (Å²) >= 11 is 0. The first-order chi connectivity index (χ1) is 9.01. The number of rotatable bonds is 2. The van der Waals surface area contributed by atoms with Crippen molar-refractivity contribution in [2.75, 3.05) is 12.3 Å². The Labute approximate surface area is 111 Å². The number of halogens is 1. The van der Waals surface area contributed by atoms with E-state index in [4.69, 9.17) is 0 Å². The van der Waals surface area contributed by atoms with Gasteiger partial charge in [0.2, 0.25) is 10.0 Å². The van der Waals surface area contributed by atoms with Crippen LogP contribution in [0, 0.1) is 5.82 Å². The van der Waals surface area contributed by atoms with Crippen molar-refractivity contribution < 1.29 is 12.8 Å². The van der Waals surface area contributed by atoms with Crippen molar-refractivity contribution in [3.63, 3.8) is 0 Å². The first-order valence-electron chi connectivity index (χ1n) is 6.28. The molecule has 0 atom stereocenters. The van der Waals surface area contributed by atoms with E-state index in [-0.39, 0.29) is 11.6 Å². The van der Waals surface area contributed by atoms with Crippen molar-refractivity contribution in [1.82, 2.24) is 9.29 Å². The van der Waals surface area contributed by atoms with E-state index in [9.17, 15) is 12.8 Å². The highest BCUT2D eigenvalue weighted by atomic mass is 32.2. The van der Waals surface area contributed by atoms with Crippen LogP contribution in [-0.4, -0.2) is 30.0 Å². The van der Waals surface area contributed by atoms with E-state index in [0.717, 1.165) is 22.2 Å². The Hall–Kier alpha value is -1.40. The van der Waals surface area contributed by atoms with Gasteiger partial charge in [0.25, 0.3) is 0 Å². The van der Waals surface area contributed by atoms with E-state index in [0.29, 0.717) is 19.5 Å². The van der Waals surface area contributed by atoms with E-state index in [1.807, 2.05) is 0 Å². The van der Waals surface area contributed by atoms with Gasteiger partial charge in [-0.2, -0.15) is 4.31 Å². The van der Waals surface area contributed by atoms with Gasteiger partial charge in [-0.25, -0.2) is 12.8 Å². The van der Waals surface area contributed by atoms with Gasteiger partial charge < -0.3 is 4.98 Å². The predicted octanol–water partition coefficient (Wildman–Crippen LogP) is 2.01. The Morgan fingerprint density at radius 2 is 2.21 bits per heavy atom. The van der Waals surface area contributed by atoms with Crippen molar-refractivity contribution >= 4 is 20.9 Å². The van der Waals surface area contributed by atoms with Crippen LogP contribution in [0.4, 0.5) is 4.39 Å². The molecule has 0 unspecified atom stereocenters. The Morgan fingerprint density at radius 3 is 2.95 bits per heavy atom. The van der Waals surface area contributed by atoms with Crippen LogP contribution < -0.4 is 0 Å². The Balaban J connectivity index is 2.09. The highest BCUT2D eigenvalue weighted by molar-refractivity contribution is 7.89. The quantitative estimate of drug-likeness (QED) is 0.916. The van der Waals surface area contributed by atoms with Crippen LogP contribution in [0.5, 0.6) is 0 Å². The van der Waals surface area contributed by atoms with Gasteiger partial charge in [-0.05, 0) is 30.7 Å². The fourth-order valence-electron chi connectivity index (χ4n) is 2.58. The molecule has 1 aliphatic heterocycles. The summed E-state index contributed by atoms with van der Waals surface area (Å²) in [4.78, 5) is 3.25. The predicted molar refractivity (Wildman–Crippen MR) is 71.8 cm³/mol. The second kappa shape index (κ2) is 4.31. The third-order valence-electron chi connectivity index (χ3n) is 3.66. The summed E-state index contributed by atoms with van der Waals surface area (Å²) in [5, 5.41) is 0.783. The largest absolute Gasteiger partial charge is 0.358 e. The van der Waals surface area contributed by atoms with Gasteiger partial charge in [0.15, 0.2) is 0 Å². The Bertz CT molecular complexity index is 736. The minimum Gasteiger partial charge on any atom is -0.358 e. The molecule has 0 spiro atoms. The number of nitrogens with one attached hydrogen (secondary N) is 1. The number of benzene rings is 1. The molecule has 102 valence electrons. The lowest BCUT2D eigenvalue weighted by Gasteiger charge is -2.25. The molecule has 2 aromatic rings. The minimum absolute atomic E-state index is 0.0963. The third-order valence-corrected chi connectivity index (χ3v) is 5.49. The zero-order valence-electron chi connectivity index (χ0n) is 10.6. The fourth-order valence-corrected chi connectivity index (χ4v) is 3.64. The number of hydrogen-bond donors (Lipinski definition) is 1. The molecular weight excluding hydrogens is 267 g/mol. The molecular formula is C13H15FN2O2S. The average molecular weight is 282 g/mol. The van der Waals surface area contributed by atoms with Crippen LogP contribution in [0.15, 0.2) is 18.2 Å². The number of H-pyrrole nitrogens is 1. The lowest BCUT2D eigenvalue weighted by molar-refractivity contribution is 0.392. The van der Waals surface area contributed by atoms with Crippen molar-refractivity contribution in [1.29, 1.82) is 0 Å². The molecule has 0 amide bonds. The first kappa shape index (κ1) is 12.6. The monoisotopic (exact) mass is 282 g/mol. The second-order valence-corrected chi connectivity index (χ2v) is 7.01. The molecule has 4 nitrogen and oxygen atoms in total. The van der Waals surface area contributed by atoms with Crippen molar-refractivity contribution in [2.24, 2.45) is 0 Å². The van der Waals surface area contributed by atoms with Crippen LogP contribution in [0.3, 0.4) is 0 Å². The molecule has 0 bridgehead atoms. The van der Waals surface area contributed by atoms with E-state index in [2.05, 4.69) is 4.98 Å². The summed E-state index contributed by atoms with van der Waals surface area (Å²) in [5.74, 6) is -0.205. The number of fused-ring (bicyclic) bond motifs is 3. The zero-order valence-corrected chi connectivity index (χ0v) is 11.4. The molecule has 2 heterocycles. The summed E-state index contributed by atoms with van der Waals surface area (Å²) in [7, 11) is -3.19. The topological polar surface area (TPSA) is 53.2 Å². The van der Waals surface area contributed by atoms with Gasteiger partial charge in [0.1, 0.15) is 5.82 Å². The summed E-state index contributed by atoms with van der Waals surface area (Å²) in [6, 6.07) is 4.57. The number of nitrogens with zero attached hydrogens (tertiary/aromatic N) is 1. The van der Waals surface area contributed by atoms with Crippen LogP contribution in [0.1, 0.15) is 18.2 Å². The summed E-state index contributed by atoms with van der Waals surface area (Å²) < 4.78 is 38.7. The number of aromatic amines is 1. The van der Waals surface area contributed by atoms with E-state index < -0.39 is 10.0 Å². The van der Waals surface area contributed by atoms with Gasteiger partial charge in [-0.15, -0.1) is 0 Å². The summed E-state index contributed by atoms with van der Waals surface area (Å²) in [6.45, 7) is 2.45. The van der Waals surface area contributed by atoms with E-state index in [1.54, 1.807) is 13.0 Å². The maximum absolute atomic E-state index is 13.3. The van der Waals surface area contributed by atoms with Gasteiger partial charge in [-0.3, -0.25) is 0 Å². The zero-order chi connectivity index (χ0) is 13.6. The number of sulfonamides is 1. The molecule has 1 aromatic heterocycles. The fraction of sp³-hybridized carbons (Fsp3) is 0.385. The van der Waals surface area contributed by atoms with Crippen LogP contribution in [0.2, 0.25) is 0 Å². The average Bonchev–Trinajstić information content (AvgIpc) is 2.76. The molecule has 0 radical (unpaired) electrons. The van der Waals surface area contributed by atoms with Crippen molar-refractivity contribution in [3.05, 3.63) is 35.3 Å². The van der Waals surface area contributed by atoms with Gasteiger partial charge in [-0.1, -0.05) is 0 Å². The second-order valence-electron chi connectivity index (χ2n) is 4.76. The maximum atomic E-state index is 13.3. The maximum Gasteiger partial charge on any atom is 0.214 e. The molecule has 0 saturated carbocycles. The highest BCUT2D eigenvalue weighted by Gasteiger charge is 2.27. The SMILES string of the molecule is CCS(=O)(=O)N1CCc2[nH]c3ccc(F)cc3c2C1. The molecule has 1 N–H and O–H groups in total. The van der Waals surface area contributed by atoms with Crippen molar-refractivity contribution in [2.45, 2.75) is 19.9 Å². The number of aromatic nitrogens is 1. The lowest BCUT2D eigenvalue weighted by Crippen LogP contribution is -2.36. The van der Waals surface area contributed by atoms with Crippen LogP contribution in [0.25, 0.3) is 10.9 Å². The van der Waals surface area contributed by atoms with Crippen LogP contribution in [-0.2, 0) is 23.0 Å². The molecule has 6 heteroatoms. The summed E-state index contributed by atoms with van der Waals surface area (Å²) in [5.41, 5.74) is 2.78. The van der Waals surface area contributed by atoms with Crippen LogP contribution >= 0.6 is 0 Å². The molecule has 1 aromatic carbocycles. The molecule has 19 heavy (non-hydrogen) atoms. The third kappa shape index (κ3) is 2.04. The minimum atomic E-state index is -3.19. The Morgan fingerprint density at radius 1 is 1.42 bits per heavy atom. The lowest BCUT2D eigenvalue weighted by atomic mass is 10.1. The number of hydrogen-bond acceptors (Lipinski definition) is 2. The standard InChI is InChI=1S/C13H15FN2O2S/c1-2-19(17,18)16-6-5-13-11(8-16)10-7-9(14)3-4-12(10)15-13/h3-4,7,15H,2,5-6,8H2,1H3. The summed E-state index contributed by atoms with van der Waals surface area (Å²) in [6.07, 6.45) is 0.644. The molecule has 0 fully saturated rings. The Kier molecular flexibility index (Phi) is 2.87. The van der Waals surface area contributed by atoms with Gasteiger partial charge >= 0.3 is 0 Å². The first-order valence-corrected chi connectivity index (χ1v) is 7.89. The highest BCUT2D eigenvalue weighted by Crippen LogP contribution is 2.29. The van der Waals surface area contributed by atoms with E-state index >= 15 is 0 Å². The van der Waals surface area contributed by atoms with E-state index in [1.165, 1.54) is 16.4 Å². The molecule has 0 saturated heterocycles. The van der Waals surface area contributed by atoms with Gasteiger partial charge in [0, 0.05) is 36.1 Å².